The predicted molar refractivity (Wildman–Crippen MR) is 76.0 cm³/mol. The zero-order chi connectivity index (χ0) is 12.3. The van der Waals surface area contributed by atoms with Crippen molar-refractivity contribution in [2.24, 2.45) is 0 Å². The van der Waals surface area contributed by atoms with E-state index in [2.05, 4.69) is 62.4 Å². The first kappa shape index (κ1) is 11.7. The second-order valence-electron chi connectivity index (χ2n) is 4.38. The Kier molecular flexibility index (Phi) is 3.48. The first-order valence-electron chi connectivity index (χ1n) is 5.76. The van der Waals surface area contributed by atoms with Gasteiger partial charge in [0.2, 0.25) is 0 Å². The molecule has 0 saturated heterocycles. The van der Waals surface area contributed by atoms with E-state index in [0.717, 1.165) is 16.6 Å². The maximum absolute atomic E-state index is 6.08. The van der Waals surface area contributed by atoms with Gasteiger partial charge in [-0.3, -0.25) is 0 Å². The van der Waals surface area contributed by atoms with Crippen LogP contribution in [0.4, 0.5) is 0 Å². The van der Waals surface area contributed by atoms with Crippen LogP contribution in [0.3, 0.4) is 0 Å². The standard InChI is InChI=1S/C16H15B/c1-12-3-7-14(8-4-12)11-16(17)15-9-5-13(2)6-10-15/h3-11H,1-2H3. The van der Waals surface area contributed by atoms with Crippen molar-refractivity contribution in [2.75, 3.05) is 0 Å². The Hall–Kier alpha value is -1.76. The van der Waals surface area contributed by atoms with Crippen LogP contribution in [0.1, 0.15) is 22.3 Å². The van der Waals surface area contributed by atoms with Gasteiger partial charge in [-0.05, 0) is 25.0 Å². The van der Waals surface area contributed by atoms with Crippen LogP contribution in [-0.2, 0) is 0 Å². The molecule has 0 saturated carbocycles. The van der Waals surface area contributed by atoms with E-state index in [1.165, 1.54) is 11.1 Å². The fraction of sp³-hybridized carbons (Fsp3) is 0.125. The monoisotopic (exact) mass is 218 g/mol. The molecule has 1 heteroatoms. The average Bonchev–Trinajstić information content (AvgIpc) is 2.33. The number of rotatable bonds is 2. The summed E-state index contributed by atoms with van der Waals surface area (Å²) in [7, 11) is 6.08. The molecule has 0 unspecified atom stereocenters. The van der Waals surface area contributed by atoms with E-state index in [0.29, 0.717) is 0 Å². The molecule has 0 spiro atoms. The Morgan fingerprint density at radius 2 is 1.29 bits per heavy atom. The van der Waals surface area contributed by atoms with Crippen molar-refractivity contribution < 1.29 is 0 Å². The van der Waals surface area contributed by atoms with E-state index in [1.54, 1.807) is 0 Å². The van der Waals surface area contributed by atoms with Gasteiger partial charge in [0, 0.05) is 0 Å². The lowest BCUT2D eigenvalue weighted by atomic mass is 9.86. The van der Waals surface area contributed by atoms with Crippen molar-refractivity contribution in [3.05, 3.63) is 70.8 Å². The van der Waals surface area contributed by atoms with Crippen molar-refractivity contribution in [3.63, 3.8) is 0 Å². The Bertz CT molecular complexity index is 518. The van der Waals surface area contributed by atoms with Gasteiger partial charge in [-0.1, -0.05) is 71.2 Å². The smallest absolute Gasteiger partial charge is 0.0890 e. The maximum Gasteiger partial charge on any atom is 0.114 e. The zero-order valence-corrected chi connectivity index (χ0v) is 10.3. The maximum atomic E-state index is 6.08. The van der Waals surface area contributed by atoms with E-state index < -0.39 is 0 Å². The van der Waals surface area contributed by atoms with Crippen molar-refractivity contribution in [3.8, 4) is 0 Å². The van der Waals surface area contributed by atoms with Gasteiger partial charge >= 0.3 is 0 Å². The molecule has 0 amide bonds. The molecule has 0 nitrogen and oxygen atoms in total. The van der Waals surface area contributed by atoms with Crippen LogP contribution in [0.15, 0.2) is 48.5 Å². The van der Waals surface area contributed by atoms with Crippen molar-refractivity contribution >= 4 is 19.4 Å². The topological polar surface area (TPSA) is 0 Å². The summed E-state index contributed by atoms with van der Waals surface area (Å²) in [5, 5.41) is 0. The minimum absolute atomic E-state index is 0.800. The van der Waals surface area contributed by atoms with Gasteiger partial charge in [0.1, 0.15) is 7.85 Å². The first-order chi connectivity index (χ1) is 8.15. The summed E-state index contributed by atoms with van der Waals surface area (Å²) in [5.41, 5.74) is 5.51. The molecule has 2 rings (SSSR count). The summed E-state index contributed by atoms with van der Waals surface area (Å²) < 4.78 is 0. The molecular weight excluding hydrogens is 203 g/mol. The van der Waals surface area contributed by atoms with Gasteiger partial charge in [-0.15, -0.1) is 0 Å². The molecule has 0 atom stereocenters. The first-order valence-corrected chi connectivity index (χ1v) is 5.76. The normalized spacial score (nSPS) is 11.5. The molecule has 0 heterocycles. The second-order valence-corrected chi connectivity index (χ2v) is 4.38. The van der Waals surface area contributed by atoms with E-state index in [1.807, 2.05) is 6.08 Å². The van der Waals surface area contributed by atoms with Crippen LogP contribution >= 0.6 is 0 Å². The molecule has 0 aliphatic heterocycles. The quantitative estimate of drug-likeness (QED) is 0.528. The van der Waals surface area contributed by atoms with Crippen LogP contribution in [0, 0.1) is 13.8 Å². The molecule has 82 valence electrons. The third kappa shape index (κ3) is 3.10. The van der Waals surface area contributed by atoms with Crippen LogP contribution in [0.25, 0.3) is 11.5 Å². The minimum atomic E-state index is 0.800. The number of benzene rings is 2. The zero-order valence-electron chi connectivity index (χ0n) is 10.3. The Morgan fingerprint density at radius 1 is 0.824 bits per heavy atom. The minimum Gasteiger partial charge on any atom is -0.0890 e. The van der Waals surface area contributed by atoms with E-state index in [4.69, 9.17) is 7.85 Å². The van der Waals surface area contributed by atoms with Gasteiger partial charge in [0.25, 0.3) is 0 Å². The highest BCUT2D eigenvalue weighted by Gasteiger charge is 1.95. The van der Waals surface area contributed by atoms with Crippen molar-refractivity contribution in [1.29, 1.82) is 0 Å². The SMILES string of the molecule is [B]C(=Cc1ccc(C)cc1)c1ccc(C)cc1. The van der Waals surface area contributed by atoms with Gasteiger partial charge < -0.3 is 0 Å². The summed E-state index contributed by atoms with van der Waals surface area (Å²) in [6.07, 6.45) is 2.00. The second kappa shape index (κ2) is 5.05. The van der Waals surface area contributed by atoms with Crippen LogP contribution < -0.4 is 0 Å². The Balaban J connectivity index is 2.27. The Morgan fingerprint density at radius 3 is 1.82 bits per heavy atom. The molecule has 0 bridgehead atoms. The third-order valence-electron chi connectivity index (χ3n) is 2.78. The summed E-state index contributed by atoms with van der Waals surface area (Å²) >= 11 is 0. The lowest BCUT2D eigenvalue weighted by Crippen LogP contribution is -1.84. The molecule has 0 aromatic heterocycles. The number of hydrogen-bond acceptors (Lipinski definition) is 0. The molecule has 17 heavy (non-hydrogen) atoms. The predicted octanol–water partition coefficient (Wildman–Crippen LogP) is 3.97. The summed E-state index contributed by atoms with van der Waals surface area (Å²) in [6, 6.07) is 16.6. The summed E-state index contributed by atoms with van der Waals surface area (Å²) in [4.78, 5) is 0. The molecule has 2 aromatic rings. The average molecular weight is 218 g/mol. The lowest BCUT2D eigenvalue weighted by Gasteiger charge is -2.03. The van der Waals surface area contributed by atoms with Crippen LogP contribution in [0.5, 0.6) is 0 Å². The van der Waals surface area contributed by atoms with Crippen molar-refractivity contribution in [2.45, 2.75) is 13.8 Å². The van der Waals surface area contributed by atoms with E-state index in [-0.39, 0.29) is 0 Å². The largest absolute Gasteiger partial charge is 0.114 e. The van der Waals surface area contributed by atoms with E-state index >= 15 is 0 Å². The van der Waals surface area contributed by atoms with E-state index in [9.17, 15) is 0 Å². The summed E-state index contributed by atoms with van der Waals surface area (Å²) in [6.45, 7) is 4.15. The van der Waals surface area contributed by atoms with Gasteiger partial charge in [0.15, 0.2) is 0 Å². The number of hydrogen-bond donors (Lipinski definition) is 0. The van der Waals surface area contributed by atoms with Gasteiger partial charge in [-0.2, -0.15) is 0 Å². The fourth-order valence-corrected chi connectivity index (χ4v) is 1.67. The summed E-state index contributed by atoms with van der Waals surface area (Å²) in [5.74, 6) is 0. The third-order valence-corrected chi connectivity index (χ3v) is 2.78. The van der Waals surface area contributed by atoms with Crippen LogP contribution in [0.2, 0.25) is 0 Å². The van der Waals surface area contributed by atoms with Crippen LogP contribution in [-0.4, -0.2) is 7.85 Å². The molecular formula is C16H15B. The fourth-order valence-electron chi connectivity index (χ4n) is 1.67. The molecule has 0 N–H and O–H groups in total. The number of aryl methyl sites for hydroxylation is 2. The highest BCUT2D eigenvalue weighted by atomic mass is 14.0. The molecule has 0 fully saturated rings. The molecule has 0 aliphatic carbocycles. The lowest BCUT2D eigenvalue weighted by molar-refractivity contribution is 1.46. The van der Waals surface area contributed by atoms with Gasteiger partial charge in [0.05, 0.1) is 0 Å². The highest BCUT2D eigenvalue weighted by molar-refractivity contribution is 6.45. The van der Waals surface area contributed by atoms with Gasteiger partial charge in [-0.25, -0.2) is 0 Å². The molecule has 0 aliphatic rings. The molecule has 2 radical (unpaired) electrons. The van der Waals surface area contributed by atoms with Crippen molar-refractivity contribution in [1.82, 2.24) is 0 Å². The molecule has 2 aromatic carbocycles. The Labute approximate surface area is 104 Å². The highest BCUT2D eigenvalue weighted by Crippen LogP contribution is 2.16.